The Morgan fingerprint density at radius 1 is 1.00 bits per heavy atom. The van der Waals surface area contributed by atoms with Crippen LogP contribution in [0, 0.1) is 5.92 Å². The fraction of sp³-hybridized carbons (Fsp3) is 0.824. The second kappa shape index (κ2) is 7.53. The Balaban J connectivity index is 1.66. The van der Waals surface area contributed by atoms with Crippen LogP contribution >= 0.6 is 11.8 Å². The highest BCUT2D eigenvalue weighted by molar-refractivity contribution is 8.00. The summed E-state index contributed by atoms with van der Waals surface area (Å²) in [5.74, 6) is 0.714. The predicted octanol–water partition coefficient (Wildman–Crippen LogP) is 4.73. The molecule has 20 heavy (non-hydrogen) atoms. The predicted molar refractivity (Wildman–Crippen MR) is 86.0 cm³/mol. The quantitative estimate of drug-likeness (QED) is 0.554. The normalized spacial score (nSPS) is 34.5. The molecule has 0 aromatic carbocycles. The van der Waals surface area contributed by atoms with Crippen molar-refractivity contribution < 1.29 is 9.53 Å². The van der Waals surface area contributed by atoms with Crippen LogP contribution in [0.4, 0.5) is 0 Å². The van der Waals surface area contributed by atoms with Crippen LogP contribution in [0.2, 0.25) is 0 Å². The van der Waals surface area contributed by atoms with Crippen LogP contribution in [-0.4, -0.2) is 22.6 Å². The monoisotopic (exact) mass is 296 g/mol. The molecule has 0 spiro atoms. The van der Waals surface area contributed by atoms with Crippen LogP contribution in [0.15, 0.2) is 12.2 Å². The molecular weight excluding hydrogens is 268 g/mol. The average Bonchev–Trinajstić information content (AvgIpc) is 2.43. The highest BCUT2D eigenvalue weighted by Gasteiger charge is 2.27. The van der Waals surface area contributed by atoms with Crippen LogP contribution in [0.1, 0.15) is 65.2 Å². The van der Waals surface area contributed by atoms with E-state index >= 15 is 0 Å². The zero-order chi connectivity index (χ0) is 14.5. The molecular formula is C17H28O2S. The molecule has 2 aliphatic rings. The molecule has 0 aromatic heterocycles. The van der Waals surface area contributed by atoms with Crippen molar-refractivity contribution in [3.8, 4) is 0 Å². The molecule has 0 aliphatic heterocycles. The Hall–Kier alpha value is -0.440. The molecule has 2 aliphatic carbocycles. The van der Waals surface area contributed by atoms with Gasteiger partial charge < -0.3 is 4.74 Å². The van der Waals surface area contributed by atoms with Gasteiger partial charge in [-0.1, -0.05) is 13.5 Å². The van der Waals surface area contributed by atoms with Crippen molar-refractivity contribution in [1.82, 2.24) is 0 Å². The number of hydrogen-bond acceptors (Lipinski definition) is 3. The second-order valence-electron chi connectivity index (χ2n) is 6.60. The minimum atomic E-state index is -0.220. The van der Waals surface area contributed by atoms with E-state index in [9.17, 15) is 4.79 Å². The van der Waals surface area contributed by atoms with Gasteiger partial charge in [-0.2, -0.15) is 11.8 Å². The summed E-state index contributed by atoms with van der Waals surface area (Å²) in [6.07, 6.45) is 10.2. The summed E-state index contributed by atoms with van der Waals surface area (Å²) in [6.45, 7) is 7.73. The zero-order valence-corrected chi connectivity index (χ0v) is 13.7. The SMILES string of the molecule is C=C(C)C(=O)OC1CCC(SC2CCC(C)CC2)CC1. The third-order valence-corrected chi connectivity index (χ3v) is 6.30. The van der Waals surface area contributed by atoms with Gasteiger partial charge in [0.05, 0.1) is 0 Å². The van der Waals surface area contributed by atoms with Crippen molar-refractivity contribution >= 4 is 17.7 Å². The molecule has 2 fully saturated rings. The highest BCUT2D eigenvalue weighted by atomic mass is 32.2. The Kier molecular flexibility index (Phi) is 6.01. The smallest absolute Gasteiger partial charge is 0.333 e. The molecule has 0 aromatic rings. The van der Waals surface area contributed by atoms with E-state index in [0.717, 1.165) is 29.3 Å². The summed E-state index contributed by atoms with van der Waals surface area (Å²) >= 11 is 2.21. The number of thioether (sulfide) groups is 1. The number of rotatable bonds is 4. The lowest BCUT2D eigenvalue weighted by Crippen LogP contribution is -2.27. The molecule has 2 rings (SSSR count). The van der Waals surface area contributed by atoms with Gasteiger partial charge in [-0.05, 0) is 64.2 Å². The first-order valence-electron chi connectivity index (χ1n) is 8.06. The van der Waals surface area contributed by atoms with Gasteiger partial charge in [-0.25, -0.2) is 4.79 Å². The van der Waals surface area contributed by atoms with Gasteiger partial charge in [0, 0.05) is 16.1 Å². The maximum absolute atomic E-state index is 11.5. The summed E-state index contributed by atoms with van der Waals surface area (Å²) in [4.78, 5) is 11.5. The molecule has 0 unspecified atom stereocenters. The van der Waals surface area contributed by atoms with Gasteiger partial charge in [-0.15, -0.1) is 0 Å². The fourth-order valence-electron chi connectivity index (χ4n) is 3.18. The third kappa shape index (κ3) is 4.83. The average molecular weight is 296 g/mol. The van der Waals surface area contributed by atoms with Gasteiger partial charge in [0.15, 0.2) is 0 Å². The lowest BCUT2D eigenvalue weighted by atomic mass is 9.91. The summed E-state index contributed by atoms with van der Waals surface area (Å²) in [6, 6.07) is 0. The molecule has 2 nitrogen and oxygen atoms in total. The van der Waals surface area contributed by atoms with Gasteiger partial charge >= 0.3 is 5.97 Å². The standard InChI is InChI=1S/C17H28O2S/c1-12(2)17(18)19-14-6-10-16(11-7-14)20-15-8-4-13(3)5-9-15/h13-16H,1,4-11H2,2-3H3. The first-order chi connectivity index (χ1) is 9.54. The van der Waals surface area contributed by atoms with E-state index in [2.05, 4.69) is 25.3 Å². The molecule has 0 amide bonds. The van der Waals surface area contributed by atoms with Crippen molar-refractivity contribution in [2.75, 3.05) is 0 Å². The lowest BCUT2D eigenvalue weighted by Gasteiger charge is -2.33. The van der Waals surface area contributed by atoms with Gasteiger partial charge in [0.25, 0.3) is 0 Å². The largest absolute Gasteiger partial charge is 0.459 e. The van der Waals surface area contributed by atoms with Crippen molar-refractivity contribution in [2.45, 2.75) is 81.8 Å². The number of esters is 1. The molecule has 2 saturated carbocycles. The first-order valence-corrected chi connectivity index (χ1v) is 9.01. The van der Waals surface area contributed by atoms with E-state index in [-0.39, 0.29) is 12.1 Å². The maximum Gasteiger partial charge on any atom is 0.333 e. The Bertz CT molecular complexity index is 337. The third-order valence-electron chi connectivity index (χ3n) is 4.59. The van der Waals surface area contributed by atoms with Gasteiger partial charge in [-0.3, -0.25) is 0 Å². The van der Waals surface area contributed by atoms with Crippen molar-refractivity contribution in [3.63, 3.8) is 0 Å². The highest BCUT2D eigenvalue weighted by Crippen LogP contribution is 2.38. The van der Waals surface area contributed by atoms with E-state index in [4.69, 9.17) is 4.74 Å². The zero-order valence-electron chi connectivity index (χ0n) is 12.9. The molecule has 0 bridgehead atoms. The molecule has 114 valence electrons. The maximum atomic E-state index is 11.5. The number of carbonyl (C=O) groups is 1. The van der Waals surface area contributed by atoms with E-state index in [0.29, 0.717) is 5.57 Å². The molecule has 0 heterocycles. The van der Waals surface area contributed by atoms with Crippen molar-refractivity contribution in [3.05, 3.63) is 12.2 Å². The topological polar surface area (TPSA) is 26.3 Å². The summed E-state index contributed by atoms with van der Waals surface area (Å²) < 4.78 is 5.46. The van der Waals surface area contributed by atoms with Crippen molar-refractivity contribution in [1.29, 1.82) is 0 Å². The van der Waals surface area contributed by atoms with Crippen LogP contribution in [0.3, 0.4) is 0 Å². The number of carbonyl (C=O) groups excluding carboxylic acids is 1. The second-order valence-corrected chi connectivity index (χ2v) is 8.21. The Labute approximate surface area is 127 Å². The molecule has 0 radical (unpaired) electrons. The van der Waals surface area contributed by atoms with E-state index in [1.807, 2.05) is 0 Å². The first kappa shape index (κ1) is 15.9. The van der Waals surface area contributed by atoms with Crippen LogP contribution in [0.25, 0.3) is 0 Å². The van der Waals surface area contributed by atoms with Crippen molar-refractivity contribution in [2.24, 2.45) is 5.92 Å². The summed E-state index contributed by atoms with van der Waals surface area (Å²) in [5, 5.41) is 1.67. The van der Waals surface area contributed by atoms with E-state index < -0.39 is 0 Å². The Morgan fingerprint density at radius 3 is 2.00 bits per heavy atom. The minimum absolute atomic E-state index is 0.127. The van der Waals surface area contributed by atoms with Gasteiger partial charge in [0.2, 0.25) is 0 Å². The molecule has 0 atom stereocenters. The fourth-order valence-corrected chi connectivity index (χ4v) is 4.81. The number of ether oxygens (including phenoxy) is 1. The summed E-state index contributed by atoms with van der Waals surface area (Å²) in [5.41, 5.74) is 0.512. The molecule has 0 N–H and O–H groups in total. The minimum Gasteiger partial charge on any atom is -0.459 e. The van der Waals surface area contributed by atoms with Crippen LogP contribution in [0.5, 0.6) is 0 Å². The Morgan fingerprint density at radius 2 is 1.50 bits per heavy atom. The van der Waals surface area contributed by atoms with Gasteiger partial charge in [0.1, 0.15) is 6.10 Å². The lowest BCUT2D eigenvalue weighted by molar-refractivity contribution is -0.145. The van der Waals surface area contributed by atoms with E-state index in [1.54, 1.807) is 6.92 Å². The molecule has 3 heteroatoms. The van der Waals surface area contributed by atoms with E-state index in [1.165, 1.54) is 38.5 Å². The van der Waals surface area contributed by atoms with Crippen LogP contribution in [-0.2, 0) is 9.53 Å². The number of hydrogen-bond donors (Lipinski definition) is 0. The summed E-state index contributed by atoms with van der Waals surface area (Å²) in [7, 11) is 0. The molecule has 0 saturated heterocycles. The van der Waals surface area contributed by atoms with Crippen LogP contribution < -0.4 is 0 Å².